The van der Waals surface area contributed by atoms with Gasteiger partial charge in [-0.05, 0) is 25.3 Å². The highest BCUT2D eigenvalue weighted by Gasteiger charge is 2.38. The molecule has 1 aliphatic heterocycles. The number of hydrogen-bond donors (Lipinski definition) is 1. The average molecular weight is 290 g/mol. The predicted molar refractivity (Wildman–Crippen MR) is 88.6 cm³/mol. The Labute approximate surface area is 129 Å². The molecule has 3 heteroatoms. The standard InChI is InChI=1S/C18H30N2O/c1-4-9-17-14-20(12-8-13-21-3)18(2,15-19-17)16-10-6-5-7-11-16/h5-7,10-11,17,19H,4,8-9,12-15H2,1-3H3. The lowest BCUT2D eigenvalue weighted by molar-refractivity contribution is 0.0393. The molecule has 2 atom stereocenters. The van der Waals surface area contributed by atoms with Crippen LogP contribution in [0.15, 0.2) is 30.3 Å². The van der Waals surface area contributed by atoms with Crippen LogP contribution in [0.2, 0.25) is 0 Å². The van der Waals surface area contributed by atoms with Gasteiger partial charge in [-0.3, -0.25) is 4.90 Å². The van der Waals surface area contributed by atoms with E-state index < -0.39 is 0 Å². The van der Waals surface area contributed by atoms with Gasteiger partial charge in [0, 0.05) is 39.4 Å². The molecule has 3 nitrogen and oxygen atoms in total. The number of piperazine rings is 1. The molecule has 0 aliphatic carbocycles. The molecule has 1 aliphatic rings. The van der Waals surface area contributed by atoms with Gasteiger partial charge >= 0.3 is 0 Å². The van der Waals surface area contributed by atoms with Crippen molar-refractivity contribution < 1.29 is 4.74 Å². The zero-order chi connectivity index (χ0) is 15.1. The summed E-state index contributed by atoms with van der Waals surface area (Å²) in [5.74, 6) is 0. The van der Waals surface area contributed by atoms with Gasteiger partial charge in [0.25, 0.3) is 0 Å². The summed E-state index contributed by atoms with van der Waals surface area (Å²) in [5.41, 5.74) is 1.49. The fourth-order valence-corrected chi connectivity index (χ4v) is 3.35. The molecule has 1 aromatic carbocycles. The smallest absolute Gasteiger partial charge is 0.0558 e. The van der Waals surface area contributed by atoms with Crippen LogP contribution >= 0.6 is 0 Å². The third-order valence-electron chi connectivity index (χ3n) is 4.68. The Bertz CT molecular complexity index is 409. The van der Waals surface area contributed by atoms with Crippen molar-refractivity contribution in [1.82, 2.24) is 10.2 Å². The van der Waals surface area contributed by atoms with Gasteiger partial charge in [-0.25, -0.2) is 0 Å². The van der Waals surface area contributed by atoms with Crippen molar-refractivity contribution >= 4 is 0 Å². The van der Waals surface area contributed by atoms with Gasteiger partial charge in [0.2, 0.25) is 0 Å². The van der Waals surface area contributed by atoms with Crippen LogP contribution in [0.25, 0.3) is 0 Å². The molecule has 1 fully saturated rings. The van der Waals surface area contributed by atoms with Gasteiger partial charge in [0.1, 0.15) is 0 Å². The molecule has 1 heterocycles. The topological polar surface area (TPSA) is 24.5 Å². The first-order valence-corrected chi connectivity index (χ1v) is 8.23. The van der Waals surface area contributed by atoms with Crippen molar-refractivity contribution in [3.63, 3.8) is 0 Å². The highest BCUT2D eigenvalue weighted by atomic mass is 16.5. The fourth-order valence-electron chi connectivity index (χ4n) is 3.35. The fraction of sp³-hybridized carbons (Fsp3) is 0.667. The lowest BCUT2D eigenvalue weighted by atomic mass is 9.86. The summed E-state index contributed by atoms with van der Waals surface area (Å²) in [6.07, 6.45) is 3.59. The zero-order valence-electron chi connectivity index (χ0n) is 13.8. The van der Waals surface area contributed by atoms with Crippen LogP contribution in [0, 0.1) is 0 Å². The van der Waals surface area contributed by atoms with E-state index in [9.17, 15) is 0 Å². The maximum atomic E-state index is 5.24. The monoisotopic (exact) mass is 290 g/mol. The second kappa shape index (κ2) is 7.92. The molecule has 2 rings (SSSR count). The third kappa shape index (κ3) is 4.06. The molecule has 1 aromatic rings. The Morgan fingerprint density at radius 3 is 2.76 bits per heavy atom. The molecule has 1 N–H and O–H groups in total. The van der Waals surface area contributed by atoms with Gasteiger partial charge in [0.05, 0.1) is 5.54 Å². The van der Waals surface area contributed by atoms with E-state index >= 15 is 0 Å². The Balaban J connectivity index is 2.13. The van der Waals surface area contributed by atoms with E-state index in [1.165, 1.54) is 18.4 Å². The molecule has 0 saturated carbocycles. The summed E-state index contributed by atoms with van der Waals surface area (Å²) in [4.78, 5) is 2.65. The van der Waals surface area contributed by atoms with Crippen molar-refractivity contribution in [1.29, 1.82) is 0 Å². The molecule has 0 amide bonds. The number of rotatable bonds is 7. The largest absolute Gasteiger partial charge is 0.385 e. The van der Waals surface area contributed by atoms with Crippen molar-refractivity contribution in [2.45, 2.75) is 44.7 Å². The van der Waals surface area contributed by atoms with Gasteiger partial charge in [0.15, 0.2) is 0 Å². The molecule has 2 unspecified atom stereocenters. The van der Waals surface area contributed by atoms with E-state index in [1.807, 2.05) is 0 Å². The minimum atomic E-state index is 0.0826. The van der Waals surface area contributed by atoms with Crippen LogP contribution < -0.4 is 5.32 Å². The number of nitrogens with zero attached hydrogens (tertiary/aromatic N) is 1. The van der Waals surface area contributed by atoms with Crippen LogP contribution in [-0.2, 0) is 10.3 Å². The van der Waals surface area contributed by atoms with Gasteiger partial charge in [-0.1, -0.05) is 43.7 Å². The lowest BCUT2D eigenvalue weighted by Crippen LogP contribution is -2.61. The van der Waals surface area contributed by atoms with Crippen LogP contribution in [0.1, 0.15) is 38.7 Å². The van der Waals surface area contributed by atoms with Crippen molar-refractivity contribution in [2.75, 3.05) is 33.4 Å². The second-order valence-corrected chi connectivity index (χ2v) is 6.30. The second-order valence-electron chi connectivity index (χ2n) is 6.30. The molecule has 21 heavy (non-hydrogen) atoms. The summed E-state index contributed by atoms with van der Waals surface area (Å²) >= 11 is 0. The molecular weight excluding hydrogens is 260 g/mol. The molecule has 118 valence electrons. The van der Waals surface area contributed by atoms with E-state index in [2.05, 4.69) is 54.4 Å². The van der Waals surface area contributed by atoms with E-state index in [0.717, 1.165) is 32.7 Å². The third-order valence-corrected chi connectivity index (χ3v) is 4.68. The Morgan fingerprint density at radius 2 is 2.10 bits per heavy atom. The Hall–Kier alpha value is -0.900. The Morgan fingerprint density at radius 1 is 1.33 bits per heavy atom. The molecule has 0 bridgehead atoms. The van der Waals surface area contributed by atoms with Crippen LogP contribution in [0.4, 0.5) is 0 Å². The van der Waals surface area contributed by atoms with E-state index in [-0.39, 0.29) is 5.54 Å². The molecule has 0 spiro atoms. The van der Waals surface area contributed by atoms with Gasteiger partial charge in [-0.15, -0.1) is 0 Å². The first-order valence-electron chi connectivity index (χ1n) is 8.23. The quantitative estimate of drug-likeness (QED) is 0.781. The molecule has 1 saturated heterocycles. The minimum absolute atomic E-state index is 0.0826. The number of benzene rings is 1. The zero-order valence-corrected chi connectivity index (χ0v) is 13.8. The molecule has 0 aromatic heterocycles. The van der Waals surface area contributed by atoms with E-state index in [1.54, 1.807) is 7.11 Å². The summed E-state index contributed by atoms with van der Waals surface area (Å²) in [7, 11) is 1.79. The molecular formula is C18H30N2O. The van der Waals surface area contributed by atoms with E-state index in [0.29, 0.717) is 6.04 Å². The Kier molecular flexibility index (Phi) is 6.22. The maximum Gasteiger partial charge on any atom is 0.0558 e. The average Bonchev–Trinajstić information content (AvgIpc) is 2.52. The summed E-state index contributed by atoms with van der Waals surface area (Å²) in [6.45, 7) is 8.72. The molecule has 0 radical (unpaired) electrons. The van der Waals surface area contributed by atoms with Crippen LogP contribution in [0.3, 0.4) is 0 Å². The number of methoxy groups -OCH3 is 1. The van der Waals surface area contributed by atoms with Crippen molar-refractivity contribution in [3.05, 3.63) is 35.9 Å². The van der Waals surface area contributed by atoms with Gasteiger partial charge in [-0.2, -0.15) is 0 Å². The van der Waals surface area contributed by atoms with Crippen molar-refractivity contribution in [2.24, 2.45) is 0 Å². The SMILES string of the molecule is CCCC1CN(CCCOC)C(C)(c2ccccc2)CN1. The van der Waals surface area contributed by atoms with Crippen LogP contribution in [0.5, 0.6) is 0 Å². The summed E-state index contributed by atoms with van der Waals surface area (Å²) in [5, 5.41) is 3.76. The summed E-state index contributed by atoms with van der Waals surface area (Å²) in [6, 6.07) is 11.5. The minimum Gasteiger partial charge on any atom is -0.385 e. The van der Waals surface area contributed by atoms with Gasteiger partial charge < -0.3 is 10.1 Å². The van der Waals surface area contributed by atoms with E-state index in [4.69, 9.17) is 4.74 Å². The predicted octanol–water partition coefficient (Wildman–Crippen LogP) is 3.01. The summed E-state index contributed by atoms with van der Waals surface area (Å²) < 4.78 is 5.24. The van der Waals surface area contributed by atoms with Crippen LogP contribution in [-0.4, -0.2) is 44.3 Å². The number of ether oxygens (including phenoxy) is 1. The highest BCUT2D eigenvalue weighted by molar-refractivity contribution is 5.25. The lowest BCUT2D eigenvalue weighted by Gasteiger charge is -2.48. The number of hydrogen-bond acceptors (Lipinski definition) is 3. The first kappa shape index (κ1) is 16.5. The normalized spacial score (nSPS) is 26.9. The highest BCUT2D eigenvalue weighted by Crippen LogP contribution is 2.31. The van der Waals surface area contributed by atoms with Crippen molar-refractivity contribution in [3.8, 4) is 0 Å². The maximum absolute atomic E-state index is 5.24. The number of nitrogens with one attached hydrogen (secondary N) is 1. The first-order chi connectivity index (χ1) is 10.2.